The van der Waals surface area contributed by atoms with Gasteiger partial charge in [-0.15, -0.1) is 11.6 Å². The molecular formula is C8H5Cl3FSi. The molecule has 0 spiro atoms. The Hall–Kier alpha value is 0.237. The van der Waals surface area contributed by atoms with Crippen molar-refractivity contribution in [3.63, 3.8) is 0 Å². The van der Waals surface area contributed by atoms with Crippen LogP contribution in [0.1, 0.15) is 17.9 Å². The minimum atomic E-state index is -0.559. The normalized spacial score (nSPS) is 13.1. The molecule has 1 aromatic carbocycles. The minimum absolute atomic E-state index is 0.100. The Bertz CT molecular complexity index is 339. The maximum atomic E-state index is 13.4. The molecule has 0 N–H and O–H groups in total. The molecule has 0 aliphatic rings. The molecule has 13 heavy (non-hydrogen) atoms. The molecule has 3 radical (unpaired) electrons. The topological polar surface area (TPSA) is 0 Å². The molecule has 0 bridgehead atoms. The minimum Gasteiger partial charge on any atom is -0.205 e. The van der Waals surface area contributed by atoms with Crippen molar-refractivity contribution in [3.05, 3.63) is 27.5 Å². The second kappa shape index (κ2) is 4.18. The first-order valence-corrected chi connectivity index (χ1v) is 5.17. The Morgan fingerprint density at radius 3 is 2.38 bits per heavy atom. The highest BCUT2D eigenvalue weighted by Gasteiger charge is 2.16. The highest BCUT2D eigenvalue weighted by molar-refractivity contribution is 6.50. The van der Waals surface area contributed by atoms with Gasteiger partial charge in [0.05, 0.1) is 25.7 Å². The molecule has 1 unspecified atom stereocenters. The van der Waals surface area contributed by atoms with Crippen molar-refractivity contribution in [1.82, 2.24) is 0 Å². The van der Waals surface area contributed by atoms with E-state index in [1.54, 1.807) is 6.92 Å². The van der Waals surface area contributed by atoms with Crippen LogP contribution in [0.4, 0.5) is 4.39 Å². The summed E-state index contributed by atoms with van der Waals surface area (Å²) in [5.41, 5.74) is 0.334. The maximum Gasteiger partial charge on any atom is 0.147 e. The van der Waals surface area contributed by atoms with Crippen LogP contribution in [-0.4, -0.2) is 10.2 Å². The summed E-state index contributed by atoms with van der Waals surface area (Å²) in [7, 11) is 3.21. The zero-order valence-corrected chi connectivity index (χ0v) is 9.93. The van der Waals surface area contributed by atoms with Gasteiger partial charge in [-0.05, 0) is 12.1 Å². The van der Waals surface area contributed by atoms with Gasteiger partial charge in [0.2, 0.25) is 0 Å². The Morgan fingerprint density at radius 2 is 1.92 bits per heavy atom. The van der Waals surface area contributed by atoms with Gasteiger partial charge in [-0.1, -0.05) is 29.3 Å². The third-order valence-electron chi connectivity index (χ3n) is 1.60. The molecular weight excluding hydrogens is 250 g/mol. The first kappa shape index (κ1) is 11.3. The van der Waals surface area contributed by atoms with Gasteiger partial charge in [-0.3, -0.25) is 0 Å². The van der Waals surface area contributed by atoms with E-state index in [2.05, 4.69) is 10.2 Å². The van der Waals surface area contributed by atoms with Gasteiger partial charge in [-0.2, -0.15) is 0 Å². The quantitative estimate of drug-likeness (QED) is 0.410. The Balaban J connectivity index is 3.41. The maximum absolute atomic E-state index is 13.4. The lowest BCUT2D eigenvalue weighted by Crippen LogP contribution is -2.09. The van der Waals surface area contributed by atoms with Gasteiger partial charge in [-0.25, -0.2) is 4.39 Å². The lowest BCUT2D eigenvalue weighted by Gasteiger charge is -2.10. The summed E-state index contributed by atoms with van der Waals surface area (Å²) < 4.78 is 13.4. The number of hydrogen-bond donors (Lipinski definition) is 0. The van der Waals surface area contributed by atoms with E-state index in [4.69, 9.17) is 34.8 Å². The van der Waals surface area contributed by atoms with Crippen LogP contribution in [0, 0.1) is 5.82 Å². The van der Waals surface area contributed by atoms with Crippen LogP contribution in [0.15, 0.2) is 6.07 Å². The van der Waals surface area contributed by atoms with Crippen LogP contribution < -0.4 is 5.19 Å². The van der Waals surface area contributed by atoms with Crippen LogP contribution in [0.3, 0.4) is 0 Å². The van der Waals surface area contributed by atoms with Crippen molar-refractivity contribution >= 4 is 50.2 Å². The van der Waals surface area contributed by atoms with E-state index >= 15 is 0 Å². The first-order chi connectivity index (χ1) is 5.95. The molecule has 0 saturated carbocycles. The lowest BCUT2D eigenvalue weighted by molar-refractivity contribution is 0.611. The fourth-order valence-corrected chi connectivity index (χ4v) is 1.78. The molecule has 0 saturated heterocycles. The second-order valence-electron chi connectivity index (χ2n) is 2.57. The van der Waals surface area contributed by atoms with E-state index in [9.17, 15) is 4.39 Å². The van der Waals surface area contributed by atoms with Crippen molar-refractivity contribution in [1.29, 1.82) is 0 Å². The molecule has 0 nitrogen and oxygen atoms in total. The molecule has 69 valence electrons. The van der Waals surface area contributed by atoms with E-state index < -0.39 is 11.2 Å². The monoisotopic (exact) mass is 253 g/mol. The summed E-state index contributed by atoms with van der Waals surface area (Å²) >= 11 is 17.1. The van der Waals surface area contributed by atoms with Crippen LogP contribution in [0.5, 0.6) is 0 Å². The summed E-state index contributed by atoms with van der Waals surface area (Å²) in [5, 5.41) is 0.161. The lowest BCUT2D eigenvalue weighted by atomic mass is 10.1. The second-order valence-corrected chi connectivity index (χ2v) is 4.52. The summed E-state index contributed by atoms with van der Waals surface area (Å²) in [6.07, 6.45) is 0. The average molecular weight is 255 g/mol. The largest absolute Gasteiger partial charge is 0.205 e. The molecule has 1 atom stereocenters. The third kappa shape index (κ3) is 2.18. The predicted molar refractivity (Wildman–Crippen MR) is 56.1 cm³/mol. The molecule has 1 rings (SSSR count). The number of benzene rings is 1. The van der Waals surface area contributed by atoms with Gasteiger partial charge in [0.25, 0.3) is 0 Å². The van der Waals surface area contributed by atoms with Crippen LogP contribution in [0.2, 0.25) is 10.0 Å². The fraction of sp³-hybridized carbons (Fsp3) is 0.250. The van der Waals surface area contributed by atoms with E-state index in [-0.39, 0.29) is 10.0 Å². The fourth-order valence-electron chi connectivity index (χ4n) is 0.913. The summed E-state index contributed by atoms with van der Waals surface area (Å²) in [4.78, 5) is 0. The summed E-state index contributed by atoms with van der Waals surface area (Å²) in [6.45, 7) is 1.66. The smallest absolute Gasteiger partial charge is 0.147 e. The van der Waals surface area contributed by atoms with E-state index in [0.717, 1.165) is 0 Å². The number of hydrogen-bond acceptors (Lipinski definition) is 0. The van der Waals surface area contributed by atoms with E-state index in [1.165, 1.54) is 6.07 Å². The molecule has 0 aliphatic carbocycles. The van der Waals surface area contributed by atoms with Gasteiger partial charge in [0, 0.05) is 5.56 Å². The first-order valence-electron chi connectivity index (χ1n) is 3.48. The van der Waals surface area contributed by atoms with Crippen molar-refractivity contribution in [3.8, 4) is 0 Å². The Labute approximate surface area is 94.4 Å². The zero-order chi connectivity index (χ0) is 10.2. The Kier molecular flexibility index (Phi) is 3.63. The van der Waals surface area contributed by atoms with Crippen LogP contribution >= 0.6 is 34.8 Å². The molecule has 0 heterocycles. The van der Waals surface area contributed by atoms with Crippen LogP contribution in [-0.2, 0) is 0 Å². The van der Waals surface area contributed by atoms with Crippen LogP contribution in [0.25, 0.3) is 0 Å². The molecule has 5 heteroatoms. The van der Waals surface area contributed by atoms with Crippen molar-refractivity contribution in [2.45, 2.75) is 12.3 Å². The van der Waals surface area contributed by atoms with Crippen molar-refractivity contribution < 1.29 is 4.39 Å². The number of rotatable bonds is 1. The van der Waals surface area contributed by atoms with E-state index in [0.29, 0.717) is 10.8 Å². The molecule has 0 fully saturated rings. The highest BCUT2D eigenvalue weighted by atomic mass is 35.5. The van der Waals surface area contributed by atoms with Gasteiger partial charge in [0.1, 0.15) is 5.82 Å². The average Bonchev–Trinajstić information content (AvgIpc) is 2.07. The Morgan fingerprint density at radius 1 is 1.38 bits per heavy atom. The summed E-state index contributed by atoms with van der Waals surface area (Å²) in [6, 6.07) is 1.53. The van der Waals surface area contributed by atoms with Gasteiger partial charge in [0.15, 0.2) is 0 Å². The highest BCUT2D eigenvalue weighted by Crippen LogP contribution is 2.30. The SMILES string of the molecule is CC(Cl)c1cc([Si])c(Cl)c(Cl)c1F. The summed E-state index contributed by atoms with van der Waals surface area (Å²) in [5.74, 6) is -0.559. The predicted octanol–water partition coefficient (Wildman–Crippen LogP) is 3.23. The third-order valence-corrected chi connectivity index (χ3v) is 3.24. The molecule has 0 aromatic heterocycles. The van der Waals surface area contributed by atoms with Gasteiger partial charge >= 0.3 is 0 Å². The molecule has 0 amide bonds. The zero-order valence-electron chi connectivity index (χ0n) is 6.67. The molecule has 0 aliphatic heterocycles. The standard InChI is InChI=1S/C8H5Cl3FSi/c1-3(9)4-2-5(13)6(10)7(11)8(4)12/h2-3H,1H3. The van der Waals surface area contributed by atoms with Gasteiger partial charge < -0.3 is 0 Å². The van der Waals surface area contributed by atoms with Crippen molar-refractivity contribution in [2.24, 2.45) is 0 Å². The number of halogens is 4. The molecule has 1 aromatic rings. The number of alkyl halides is 1. The van der Waals surface area contributed by atoms with Crippen molar-refractivity contribution in [2.75, 3.05) is 0 Å². The van der Waals surface area contributed by atoms with E-state index in [1.807, 2.05) is 0 Å².